The molecule has 1 aromatic heterocycles. The summed E-state index contributed by atoms with van der Waals surface area (Å²) in [6.45, 7) is 11.3. The van der Waals surface area contributed by atoms with E-state index in [9.17, 15) is 0 Å². The molecule has 0 spiro atoms. The number of likely N-dealkylation sites (tertiary alicyclic amines) is 1. The zero-order valence-corrected chi connectivity index (χ0v) is 12.5. The molecule has 0 amide bonds. The number of hydrogen-bond donors (Lipinski definition) is 1. The standard InChI is InChI=1S/C16H27N3/c1-4-8-17-15-7-10-19(11-14(15)3)12-16-13(2)6-5-9-18-16/h5-6,9,14-15,17H,4,7-8,10-12H2,1-3H3. The van der Waals surface area contributed by atoms with Crippen LogP contribution in [0.25, 0.3) is 0 Å². The van der Waals surface area contributed by atoms with Gasteiger partial charge in [0.05, 0.1) is 5.69 Å². The fourth-order valence-electron chi connectivity index (χ4n) is 2.90. The molecule has 3 nitrogen and oxygen atoms in total. The first-order chi connectivity index (χ1) is 9.20. The van der Waals surface area contributed by atoms with Crippen molar-refractivity contribution in [3.05, 3.63) is 29.6 Å². The molecule has 2 unspecified atom stereocenters. The van der Waals surface area contributed by atoms with E-state index in [4.69, 9.17) is 0 Å². The van der Waals surface area contributed by atoms with Gasteiger partial charge in [0.25, 0.3) is 0 Å². The maximum atomic E-state index is 4.51. The van der Waals surface area contributed by atoms with Crippen LogP contribution >= 0.6 is 0 Å². The average Bonchev–Trinajstić information content (AvgIpc) is 2.40. The highest BCUT2D eigenvalue weighted by Gasteiger charge is 2.25. The van der Waals surface area contributed by atoms with Crippen molar-refractivity contribution in [1.29, 1.82) is 0 Å². The zero-order chi connectivity index (χ0) is 13.7. The lowest BCUT2D eigenvalue weighted by Gasteiger charge is -2.37. The summed E-state index contributed by atoms with van der Waals surface area (Å²) in [7, 11) is 0. The molecule has 1 aliphatic rings. The Labute approximate surface area is 117 Å². The van der Waals surface area contributed by atoms with Crippen molar-refractivity contribution in [1.82, 2.24) is 15.2 Å². The minimum absolute atomic E-state index is 0.695. The predicted molar refractivity (Wildman–Crippen MR) is 80.1 cm³/mol. The Kier molecular flexibility index (Phi) is 5.34. The first kappa shape index (κ1) is 14.5. The molecule has 19 heavy (non-hydrogen) atoms. The van der Waals surface area contributed by atoms with Crippen LogP contribution in [0.15, 0.2) is 18.3 Å². The maximum Gasteiger partial charge on any atom is 0.0573 e. The Morgan fingerprint density at radius 3 is 3.00 bits per heavy atom. The van der Waals surface area contributed by atoms with Crippen molar-refractivity contribution in [3.63, 3.8) is 0 Å². The van der Waals surface area contributed by atoms with Gasteiger partial charge < -0.3 is 5.32 Å². The number of nitrogens with zero attached hydrogens (tertiary/aromatic N) is 2. The molecular weight excluding hydrogens is 234 g/mol. The van der Waals surface area contributed by atoms with E-state index in [1.54, 1.807) is 0 Å². The highest BCUT2D eigenvalue weighted by molar-refractivity contribution is 5.17. The molecule has 2 rings (SSSR count). The second-order valence-corrected chi connectivity index (χ2v) is 5.83. The van der Waals surface area contributed by atoms with Crippen LogP contribution in [0.4, 0.5) is 0 Å². The summed E-state index contributed by atoms with van der Waals surface area (Å²) in [5.41, 5.74) is 2.54. The summed E-state index contributed by atoms with van der Waals surface area (Å²) in [5.74, 6) is 0.726. The molecule has 2 atom stereocenters. The largest absolute Gasteiger partial charge is 0.314 e. The smallest absolute Gasteiger partial charge is 0.0573 e. The monoisotopic (exact) mass is 261 g/mol. The number of aromatic nitrogens is 1. The van der Waals surface area contributed by atoms with Crippen LogP contribution in [-0.4, -0.2) is 35.6 Å². The SMILES string of the molecule is CCCNC1CCN(Cc2ncccc2C)CC1C. The van der Waals surface area contributed by atoms with Crippen molar-refractivity contribution in [2.24, 2.45) is 5.92 Å². The van der Waals surface area contributed by atoms with E-state index in [-0.39, 0.29) is 0 Å². The second kappa shape index (κ2) is 7.01. The molecular formula is C16H27N3. The summed E-state index contributed by atoms with van der Waals surface area (Å²) in [5, 5.41) is 3.67. The van der Waals surface area contributed by atoms with E-state index in [1.807, 2.05) is 12.3 Å². The maximum absolute atomic E-state index is 4.51. The fraction of sp³-hybridized carbons (Fsp3) is 0.688. The van der Waals surface area contributed by atoms with Crippen molar-refractivity contribution in [2.75, 3.05) is 19.6 Å². The third-order valence-electron chi connectivity index (χ3n) is 4.14. The summed E-state index contributed by atoms with van der Waals surface area (Å²) >= 11 is 0. The van der Waals surface area contributed by atoms with Gasteiger partial charge in [0.2, 0.25) is 0 Å². The Hall–Kier alpha value is -0.930. The Bertz CT molecular complexity index is 391. The van der Waals surface area contributed by atoms with Gasteiger partial charge in [0, 0.05) is 31.9 Å². The highest BCUT2D eigenvalue weighted by atomic mass is 15.2. The van der Waals surface area contributed by atoms with Gasteiger partial charge in [-0.15, -0.1) is 0 Å². The van der Waals surface area contributed by atoms with Crippen molar-refractivity contribution < 1.29 is 0 Å². The van der Waals surface area contributed by atoms with Crippen molar-refractivity contribution in [3.8, 4) is 0 Å². The van der Waals surface area contributed by atoms with E-state index in [2.05, 4.69) is 42.0 Å². The minimum atomic E-state index is 0.695. The van der Waals surface area contributed by atoms with Gasteiger partial charge in [0.1, 0.15) is 0 Å². The molecule has 1 aliphatic heterocycles. The number of rotatable bonds is 5. The summed E-state index contributed by atoms with van der Waals surface area (Å²) in [6, 6.07) is 4.87. The molecule has 1 N–H and O–H groups in total. The third kappa shape index (κ3) is 4.02. The molecule has 2 heterocycles. The topological polar surface area (TPSA) is 28.2 Å². The second-order valence-electron chi connectivity index (χ2n) is 5.83. The van der Waals surface area contributed by atoms with Crippen LogP contribution in [0.2, 0.25) is 0 Å². The van der Waals surface area contributed by atoms with Gasteiger partial charge in [-0.25, -0.2) is 0 Å². The summed E-state index contributed by atoms with van der Waals surface area (Å²) in [4.78, 5) is 7.05. The molecule has 1 fully saturated rings. The predicted octanol–water partition coefficient (Wildman–Crippen LogP) is 2.60. The number of piperidine rings is 1. The first-order valence-corrected chi connectivity index (χ1v) is 7.57. The average molecular weight is 261 g/mol. The molecule has 0 aliphatic carbocycles. The van der Waals surface area contributed by atoms with Gasteiger partial charge >= 0.3 is 0 Å². The Morgan fingerprint density at radius 1 is 1.47 bits per heavy atom. The van der Waals surface area contributed by atoms with Crippen LogP contribution in [0.1, 0.15) is 37.9 Å². The number of nitrogens with one attached hydrogen (secondary N) is 1. The molecule has 3 heteroatoms. The molecule has 0 saturated carbocycles. The van der Waals surface area contributed by atoms with Crippen molar-refractivity contribution in [2.45, 2.75) is 46.2 Å². The van der Waals surface area contributed by atoms with Crippen LogP contribution in [0.5, 0.6) is 0 Å². The summed E-state index contributed by atoms with van der Waals surface area (Å²) < 4.78 is 0. The fourth-order valence-corrected chi connectivity index (χ4v) is 2.90. The number of pyridine rings is 1. The quantitative estimate of drug-likeness (QED) is 0.883. The van der Waals surface area contributed by atoms with Crippen LogP contribution in [0.3, 0.4) is 0 Å². The van der Waals surface area contributed by atoms with Gasteiger partial charge in [-0.3, -0.25) is 9.88 Å². The summed E-state index contributed by atoms with van der Waals surface area (Å²) in [6.07, 6.45) is 4.38. The number of hydrogen-bond acceptors (Lipinski definition) is 3. The van der Waals surface area contributed by atoms with Gasteiger partial charge in [-0.1, -0.05) is 19.9 Å². The molecule has 0 radical (unpaired) electrons. The van der Waals surface area contributed by atoms with E-state index < -0.39 is 0 Å². The first-order valence-electron chi connectivity index (χ1n) is 7.57. The molecule has 0 aromatic carbocycles. The van der Waals surface area contributed by atoms with E-state index in [0.29, 0.717) is 6.04 Å². The van der Waals surface area contributed by atoms with E-state index in [1.165, 1.54) is 37.2 Å². The molecule has 106 valence electrons. The van der Waals surface area contributed by atoms with E-state index >= 15 is 0 Å². The Balaban J connectivity index is 1.86. The molecule has 1 aromatic rings. The lowest BCUT2D eigenvalue weighted by atomic mass is 9.93. The lowest BCUT2D eigenvalue weighted by Crippen LogP contribution is -2.48. The van der Waals surface area contributed by atoms with Crippen LogP contribution in [-0.2, 0) is 6.54 Å². The molecule has 0 bridgehead atoms. The van der Waals surface area contributed by atoms with E-state index in [0.717, 1.165) is 19.0 Å². The van der Waals surface area contributed by atoms with Gasteiger partial charge in [0.15, 0.2) is 0 Å². The van der Waals surface area contributed by atoms with Gasteiger partial charge in [-0.2, -0.15) is 0 Å². The molecule has 1 saturated heterocycles. The van der Waals surface area contributed by atoms with Crippen LogP contribution < -0.4 is 5.32 Å². The third-order valence-corrected chi connectivity index (χ3v) is 4.14. The van der Waals surface area contributed by atoms with Gasteiger partial charge in [-0.05, 0) is 43.9 Å². The highest BCUT2D eigenvalue weighted by Crippen LogP contribution is 2.19. The zero-order valence-electron chi connectivity index (χ0n) is 12.5. The van der Waals surface area contributed by atoms with Crippen LogP contribution in [0, 0.1) is 12.8 Å². The normalized spacial score (nSPS) is 24.6. The minimum Gasteiger partial charge on any atom is -0.314 e. The Morgan fingerprint density at radius 2 is 2.32 bits per heavy atom. The lowest BCUT2D eigenvalue weighted by molar-refractivity contribution is 0.139. The number of aryl methyl sites for hydroxylation is 1. The van der Waals surface area contributed by atoms with Crippen molar-refractivity contribution >= 4 is 0 Å².